The predicted molar refractivity (Wildman–Crippen MR) is 151 cm³/mol. The Kier molecular flexibility index (Phi) is 9.26. The van der Waals surface area contributed by atoms with Gasteiger partial charge in [0.2, 0.25) is 11.8 Å². The number of carbonyl (C=O) groups excluding carboxylic acids is 2. The van der Waals surface area contributed by atoms with E-state index >= 15 is 0 Å². The van der Waals surface area contributed by atoms with Gasteiger partial charge < -0.3 is 32.6 Å². The summed E-state index contributed by atoms with van der Waals surface area (Å²) < 4.78 is 1.32. The van der Waals surface area contributed by atoms with Crippen LogP contribution in [-0.2, 0) is 22.7 Å². The van der Waals surface area contributed by atoms with Crippen LogP contribution >= 0.6 is 0 Å². The molecule has 1 aromatic heterocycles. The van der Waals surface area contributed by atoms with Crippen LogP contribution in [0.2, 0.25) is 0 Å². The Morgan fingerprint density at radius 1 is 1.10 bits per heavy atom. The number of nitrogens with zero attached hydrogens (tertiary/aromatic N) is 3. The van der Waals surface area contributed by atoms with Crippen molar-refractivity contribution in [3.05, 3.63) is 70.1 Å². The van der Waals surface area contributed by atoms with Crippen molar-refractivity contribution < 1.29 is 14.8 Å². The number of nitrogens with one attached hydrogen (secondary N) is 3. The molecule has 3 aromatic rings. The number of amidine groups is 1. The number of benzene rings is 2. The topological polar surface area (TPSA) is 190 Å². The molecule has 0 radical (unpaired) electrons. The lowest BCUT2D eigenvalue weighted by Crippen LogP contribution is -2.35. The van der Waals surface area contributed by atoms with E-state index in [2.05, 4.69) is 26.1 Å². The minimum Gasteiger partial charge on any atom is -0.409 e. The van der Waals surface area contributed by atoms with Gasteiger partial charge in [-0.15, -0.1) is 0 Å². The number of oxime groups is 1. The Morgan fingerprint density at radius 3 is 2.41 bits per heavy atom. The summed E-state index contributed by atoms with van der Waals surface area (Å²) in [4.78, 5) is 42.9. The van der Waals surface area contributed by atoms with E-state index < -0.39 is 11.5 Å². The zero-order valence-corrected chi connectivity index (χ0v) is 22.4. The third-order valence-corrected chi connectivity index (χ3v) is 5.67. The molecule has 0 atom stereocenters. The number of rotatable bonds is 10. The Hall–Kier alpha value is -4.87. The normalized spacial score (nSPS) is 11.5. The minimum atomic E-state index is -0.477. The van der Waals surface area contributed by atoms with Crippen molar-refractivity contribution in [2.24, 2.45) is 16.8 Å². The maximum Gasteiger partial charge on any atom is 0.294 e. The molecule has 206 valence electrons. The number of hydrogen-bond donors (Lipinski definition) is 6. The van der Waals surface area contributed by atoms with Gasteiger partial charge in [-0.1, -0.05) is 43.3 Å². The highest BCUT2D eigenvalue weighted by molar-refractivity contribution is 5.97. The first kappa shape index (κ1) is 28.7. The third-order valence-electron chi connectivity index (χ3n) is 5.67. The first-order chi connectivity index (χ1) is 18.5. The van der Waals surface area contributed by atoms with Gasteiger partial charge in [0.15, 0.2) is 11.7 Å². The van der Waals surface area contributed by atoms with Crippen LogP contribution in [0.5, 0.6) is 0 Å². The molecule has 0 unspecified atom stereocenters. The van der Waals surface area contributed by atoms with Gasteiger partial charge in [-0.3, -0.25) is 19.0 Å². The zero-order chi connectivity index (χ0) is 28.7. The molecule has 12 nitrogen and oxygen atoms in total. The lowest BCUT2D eigenvalue weighted by atomic mass is 10.1. The molecule has 0 aliphatic heterocycles. The van der Waals surface area contributed by atoms with Crippen LogP contribution in [0.15, 0.2) is 58.6 Å². The summed E-state index contributed by atoms with van der Waals surface area (Å²) in [6, 6.07) is 11.7. The number of nitrogen functional groups attached to an aromatic ring is 1. The summed E-state index contributed by atoms with van der Waals surface area (Å²) in [5, 5.41) is 20.4. The zero-order valence-electron chi connectivity index (χ0n) is 22.4. The van der Waals surface area contributed by atoms with Crippen molar-refractivity contribution in [1.29, 1.82) is 0 Å². The molecule has 0 saturated heterocycles. The SMILES string of the molecule is CC(C)Nc1ncc(-c2cc(N)cc(NC(=O)C(C)C)c2)n(CC(=O)NCc2ccc(C(N)=NO)cc2)c1=O. The van der Waals surface area contributed by atoms with Crippen LogP contribution in [-0.4, -0.2) is 38.5 Å². The highest BCUT2D eigenvalue weighted by Crippen LogP contribution is 2.26. The number of hydrogen-bond acceptors (Lipinski definition) is 8. The lowest BCUT2D eigenvalue weighted by molar-refractivity contribution is -0.122. The molecule has 0 spiro atoms. The molecule has 0 aliphatic carbocycles. The number of aromatic nitrogens is 2. The van der Waals surface area contributed by atoms with E-state index in [0.29, 0.717) is 28.2 Å². The van der Waals surface area contributed by atoms with Crippen molar-refractivity contribution in [1.82, 2.24) is 14.9 Å². The van der Waals surface area contributed by atoms with Crippen LogP contribution < -0.4 is 33.0 Å². The maximum absolute atomic E-state index is 13.4. The molecule has 8 N–H and O–H groups in total. The third kappa shape index (κ3) is 7.57. The molecule has 2 amide bonds. The lowest BCUT2D eigenvalue weighted by Gasteiger charge is -2.17. The summed E-state index contributed by atoms with van der Waals surface area (Å²) in [6.07, 6.45) is 1.49. The van der Waals surface area contributed by atoms with Gasteiger partial charge >= 0.3 is 0 Å². The first-order valence-corrected chi connectivity index (χ1v) is 12.4. The monoisotopic (exact) mass is 534 g/mol. The van der Waals surface area contributed by atoms with Gasteiger partial charge in [-0.2, -0.15) is 0 Å². The van der Waals surface area contributed by atoms with Crippen molar-refractivity contribution in [2.45, 2.75) is 46.8 Å². The number of anilines is 3. The highest BCUT2D eigenvalue weighted by Gasteiger charge is 2.17. The van der Waals surface area contributed by atoms with Gasteiger partial charge in [0.25, 0.3) is 5.56 Å². The van der Waals surface area contributed by atoms with E-state index in [9.17, 15) is 14.4 Å². The molecule has 12 heteroatoms. The average Bonchev–Trinajstić information content (AvgIpc) is 2.89. The molecule has 1 heterocycles. The fourth-order valence-electron chi connectivity index (χ4n) is 3.66. The Labute approximate surface area is 226 Å². The van der Waals surface area contributed by atoms with E-state index in [-0.39, 0.29) is 42.6 Å². The first-order valence-electron chi connectivity index (χ1n) is 12.4. The van der Waals surface area contributed by atoms with Gasteiger partial charge in [0.1, 0.15) is 6.54 Å². The van der Waals surface area contributed by atoms with Crippen molar-refractivity contribution in [2.75, 3.05) is 16.4 Å². The van der Waals surface area contributed by atoms with Crippen LogP contribution in [0.25, 0.3) is 11.3 Å². The Balaban J connectivity index is 1.91. The molecular formula is C27H34N8O4. The van der Waals surface area contributed by atoms with E-state index in [0.717, 1.165) is 5.56 Å². The van der Waals surface area contributed by atoms with Gasteiger partial charge in [-0.05, 0) is 37.6 Å². The van der Waals surface area contributed by atoms with Crippen molar-refractivity contribution >= 4 is 34.8 Å². The molecule has 0 saturated carbocycles. The quantitative estimate of drug-likeness (QED) is 0.0750. The van der Waals surface area contributed by atoms with E-state index in [4.69, 9.17) is 16.7 Å². The van der Waals surface area contributed by atoms with Crippen LogP contribution in [0.3, 0.4) is 0 Å². The Bertz CT molecular complexity index is 1430. The molecule has 0 fully saturated rings. The van der Waals surface area contributed by atoms with Crippen LogP contribution in [0, 0.1) is 5.92 Å². The van der Waals surface area contributed by atoms with Gasteiger partial charge in [-0.25, -0.2) is 4.98 Å². The smallest absolute Gasteiger partial charge is 0.294 e. The second-order valence-electron chi connectivity index (χ2n) is 9.63. The fraction of sp³-hybridized carbons (Fsp3) is 0.296. The molecule has 2 aromatic carbocycles. The molecule has 3 rings (SSSR count). The van der Waals surface area contributed by atoms with E-state index in [1.165, 1.54) is 10.8 Å². The molecule has 0 aliphatic rings. The van der Waals surface area contributed by atoms with Crippen LogP contribution in [0.4, 0.5) is 17.2 Å². The second-order valence-corrected chi connectivity index (χ2v) is 9.63. The van der Waals surface area contributed by atoms with E-state index in [1.54, 1.807) is 56.3 Å². The predicted octanol–water partition coefficient (Wildman–Crippen LogP) is 2.32. The second kappa shape index (κ2) is 12.6. The Morgan fingerprint density at radius 2 is 1.79 bits per heavy atom. The summed E-state index contributed by atoms with van der Waals surface area (Å²) >= 11 is 0. The van der Waals surface area contributed by atoms with E-state index in [1.807, 2.05) is 13.8 Å². The minimum absolute atomic E-state index is 0.0190. The largest absolute Gasteiger partial charge is 0.409 e. The summed E-state index contributed by atoms with van der Waals surface area (Å²) in [7, 11) is 0. The van der Waals surface area contributed by atoms with Gasteiger partial charge in [0.05, 0.1) is 11.9 Å². The summed E-state index contributed by atoms with van der Waals surface area (Å²) in [6.45, 7) is 7.21. The molecular weight excluding hydrogens is 500 g/mol. The highest BCUT2D eigenvalue weighted by atomic mass is 16.4. The summed E-state index contributed by atoms with van der Waals surface area (Å²) in [5.74, 6) is -0.738. The fourth-order valence-corrected chi connectivity index (χ4v) is 3.66. The average molecular weight is 535 g/mol. The number of amides is 2. The van der Waals surface area contributed by atoms with Gasteiger partial charge in [0, 0.05) is 41.0 Å². The number of nitrogens with two attached hydrogens (primary N) is 2. The molecule has 39 heavy (non-hydrogen) atoms. The molecule has 0 bridgehead atoms. The van der Waals surface area contributed by atoms with Crippen LogP contribution in [0.1, 0.15) is 38.8 Å². The standard InChI is InChI=1S/C27H34N8O4/c1-15(2)26(37)33-21-10-19(9-20(28)11-21)22-13-31-25(32-16(3)4)27(38)35(22)14-23(36)30-12-17-5-7-18(8-6-17)24(29)34-39/h5-11,13,15-16,39H,12,14,28H2,1-4H3,(H2,29,34)(H,30,36)(H,31,32)(H,33,37). The van der Waals surface area contributed by atoms with Crippen molar-refractivity contribution in [3.63, 3.8) is 0 Å². The maximum atomic E-state index is 13.4. The summed E-state index contributed by atoms with van der Waals surface area (Å²) in [5.41, 5.74) is 14.2. The van der Waals surface area contributed by atoms with Crippen molar-refractivity contribution in [3.8, 4) is 11.3 Å². The number of carbonyl (C=O) groups is 2.